The lowest BCUT2D eigenvalue weighted by atomic mass is 9.99. The SMILES string of the molecule is CC(Cc1cccs1)NCc1cccc2c1NCCC2. The highest BCUT2D eigenvalue weighted by atomic mass is 32.1. The van der Waals surface area contributed by atoms with Crippen molar-refractivity contribution in [3.63, 3.8) is 0 Å². The summed E-state index contributed by atoms with van der Waals surface area (Å²) in [5, 5.41) is 9.37. The third-order valence-electron chi connectivity index (χ3n) is 3.89. The molecule has 1 unspecified atom stereocenters. The van der Waals surface area contributed by atoms with Gasteiger partial charge in [0.1, 0.15) is 0 Å². The number of anilines is 1. The Balaban J connectivity index is 1.61. The van der Waals surface area contributed by atoms with Gasteiger partial charge in [-0.25, -0.2) is 0 Å². The van der Waals surface area contributed by atoms with Crippen molar-refractivity contribution in [2.45, 2.75) is 38.8 Å². The molecule has 0 bridgehead atoms. The van der Waals surface area contributed by atoms with Crippen LogP contribution < -0.4 is 10.6 Å². The van der Waals surface area contributed by atoms with Gasteiger partial charge in [0, 0.05) is 29.7 Å². The van der Waals surface area contributed by atoms with Gasteiger partial charge in [-0.3, -0.25) is 0 Å². The molecule has 0 amide bonds. The third-order valence-corrected chi connectivity index (χ3v) is 4.79. The van der Waals surface area contributed by atoms with E-state index >= 15 is 0 Å². The van der Waals surface area contributed by atoms with Crippen LogP contribution in [-0.2, 0) is 19.4 Å². The Bertz CT molecular complexity index is 548. The first-order valence-electron chi connectivity index (χ1n) is 7.43. The Kier molecular flexibility index (Phi) is 4.38. The second-order valence-electron chi connectivity index (χ2n) is 5.55. The van der Waals surface area contributed by atoms with Crippen molar-refractivity contribution in [1.82, 2.24) is 5.32 Å². The van der Waals surface area contributed by atoms with E-state index in [4.69, 9.17) is 0 Å². The van der Waals surface area contributed by atoms with Crippen molar-refractivity contribution in [2.24, 2.45) is 0 Å². The van der Waals surface area contributed by atoms with E-state index in [0.717, 1.165) is 19.5 Å². The van der Waals surface area contributed by atoms with Gasteiger partial charge in [0.25, 0.3) is 0 Å². The first-order chi connectivity index (χ1) is 9.83. The van der Waals surface area contributed by atoms with Gasteiger partial charge < -0.3 is 10.6 Å². The Morgan fingerprint density at radius 1 is 1.30 bits per heavy atom. The maximum atomic E-state index is 3.65. The van der Waals surface area contributed by atoms with Crippen LogP contribution in [0.5, 0.6) is 0 Å². The van der Waals surface area contributed by atoms with Crippen LogP contribution in [-0.4, -0.2) is 12.6 Å². The molecule has 0 fully saturated rings. The maximum absolute atomic E-state index is 3.65. The van der Waals surface area contributed by atoms with Crippen LogP contribution in [0.3, 0.4) is 0 Å². The molecule has 0 radical (unpaired) electrons. The molecule has 0 saturated heterocycles. The topological polar surface area (TPSA) is 24.1 Å². The molecule has 1 aromatic carbocycles. The highest BCUT2D eigenvalue weighted by Crippen LogP contribution is 2.26. The average Bonchev–Trinajstić information content (AvgIpc) is 2.98. The van der Waals surface area contributed by atoms with Gasteiger partial charge in [-0.1, -0.05) is 24.3 Å². The summed E-state index contributed by atoms with van der Waals surface area (Å²) in [6, 6.07) is 11.5. The third kappa shape index (κ3) is 3.22. The molecule has 1 aromatic heterocycles. The Morgan fingerprint density at radius 2 is 2.25 bits per heavy atom. The number of hydrogen-bond acceptors (Lipinski definition) is 3. The van der Waals surface area contributed by atoms with Crippen LogP contribution in [0, 0.1) is 0 Å². The molecule has 20 heavy (non-hydrogen) atoms. The summed E-state index contributed by atoms with van der Waals surface area (Å²) in [6.07, 6.45) is 3.57. The van der Waals surface area contributed by atoms with Gasteiger partial charge in [0.05, 0.1) is 0 Å². The van der Waals surface area contributed by atoms with Crippen LogP contribution in [0.2, 0.25) is 0 Å². The number of para-hydroxylation sites is 1. The number of aryl methyl sites for hydroxylation is 1. The summed E-state index contributed by atoms with van der Waals surface area (Å²) in [7, 11) is 0. The molecular weight excluding hydrogens is 264 g/mol. The zero-order valence-corrected chi connectivity index (χ0v) is 12.8. The van der Waals surface area contributed by atoms with E-state index in [1.807, 2.05) is 11.3 Å². The summed E-state index contributed by atoms with van der Waals surface area (Å²) in [4.78, 5) is 1.46. The molecule has 1 atom stereocenters. The van der Waals surface area contributed by atoms with E-state index in [1.165, 1.54) is 34.5 Å². The number of benzene rings is 1. The normalized spacial score (nSPS) is 15.4. The van der Waals surface area contributed by atoms with Gasteiger partial charge in [0.15, 0.2) is 0 Å². The van der Waals surface area contributed by atoms with E-state index < -0.39 is 0 Å². The first-order valence-corrected chi connectivity index (χ1v) is 8.31. The van der Waals surface area contributed by atoms with E-state index in [9.17, 15) is 0 Å². The van der Waals surface area contributed by atoms with Crippen molar-refractivity contribution >= 4 is 17.0 Å². The van der Waals surface area contributed by atoms with Gasteiger partial charge in [-0.15, -0.1) is 11.3 Å². The van der Waals surface area contributed by atoms with Crippen molar-refractivity contribution in [1.29, 1.82) is 0 Å². The molecule has 3 heteroatoms. The molecule has 0 saturated carbocycles. The largest absolute Gasteiger partial charge is 0.385 e. The lowest BCUT2D eigenvalue weighted by Gasteiger charge is -2.22. The molecule has 1 aliphatic heterocycles. The number of nitrogens with one attached hydrogen (secondary N) is 2. The maximum Gasteiger partial charge on any atom is 0.0418 e. The molecule has 2 nitrogen and oxygen atoms in total. The predicted molar refractivity (Wildman–Crippen MR) is 87.6 cm³/mol. The number of hydrogen-bond donors (Lipinski definition) is 2. The van der Waals surface area contributed by atoms with E-state index in [-0.39, 0.29) is 0 Å². The first kappa shape index (κ1) is 13.7. The zero-order chi connectivity index (χ0) is 13.8. The van der Waals surface area contributed by atoms with Gasteiger partial charge >= 0.3 is 0 Å². The van der Waals surface area contributed by atoms with Crippen molar-refractivity contribution in [2.75, 3.05) is 11.9 Å². The van der Waals surface area contributed by atoms with Gasteiger partial charge in [0.2, 0.25) is 0 Å². The number of fused-ring (bicyclic) bond motifs is 1. The molecule has 2 N–H and O–H groups in total. The summed E-state index contributed by atoms with van der Waals surface area (Å²) in [6.45, 7) is 4.32. The minimum absolute atomic E-state index is 0.507. The Morgan fingerprint density at radius 3 is 3.10 bits per heavy atom. The minimum Gasteiger partial charge on any atom is -0.385 e. The van der Waals surface area contributed by atoms with Crippen LogP contribution >= 0.6 is 11.3 Å². The second kappa shape index (κ2) is 6.42. The summed E-state index contributed by atoms with van der Waals surface area (Å²) in [5.41, 5.74) is 4.25. The smallest absolute Gasteiger partial charge is 0.0418 e. The van der Waals surface area contributed by atoms with Crippen molar-refractivity contribution in [3.8, 4) is 0 Å². The lowest BCUT2D eigenvalue weighted by Crippen LogP contribution is -2.28. The van der Waals surface area contributed by atoms with Gasteiger partial charge in [-0.05, 0) is 48.8 Å². The monoisotopic (exact) mass is 286 g/mol. The quantitative estimate of drug-likeness (QED) is 0.873. The van der Waals surface area contributed by atoms with Crippen molar-refractivity contribution < 1.29 is 0 Å². The summed E-state index contributed by atoms with van der Waals surface area (Å²) < 4.78 is 0. The highest BCUT2D eigenvalue weighted by molar-refractivity contribution is 7.09. The molecule has 1 aliphatic rings. The van der Waals surface area contributed by atoms with Crippen molar-refractivity contribution in [3.05, 3.63) is 51.7 Å². The van der Waals surface area contributed by atoms with E-state index in [1.54, 1.807) is 0 Å². The summed E-state index contributed by atoms with van der Waals surface area (Å²) >= 11 is 1.84. The van der Waals surface area contributed by atoms with E-state index in [0.29, 0.717) is 6.04 Å². The molecule has 2 heterocycles. The predicted octanol–water partition coefficient (Wildman–Crippen LogP) is 3.83. The van der Waals surface area contributed by atoms with Crippen LogP contribution in [0.4, 0.5) is 5.69 Å². The molecule has 0 aliphatic carbocycles. The molecule has 3 rings (SSSR count). The van der Waals surface area contributed by atoms with E-state index in [2.05, 4.69) is 53.3 Å². The standard InChI is InChI=1S/C17H22N2S/c1-13(11-16-8-4-10-20-16)19-12-15-6-2-5-14-7-3-9-18-17(14)15/h2,4-6,8,10,13,18-19H,3,7,9,11-12H2,1H3. The molecular formula is C17H22N2S. The van der Waals surface area contributed by atoms with Gasteiger partial charge in [-0.2, -0.15) is 0 Å². The fraction of sp³-hybridized carbons (Fsp3) is 0.412. The average molecular weight is 286 g/mol. The Labute approximate surface area is 125 Å². The fourth-order valence-electron chi connectivity index (χ4n) is 2.82. The number of thiophene rings is 1. The highest BCUT2D eigenvalue weighted by Gasteiger charge is 2.12. The van der Waals surface area contributed by atoms with Crippen LogP contribution in [0.1, 0.15) is 29.3 Å². The molecule has 2 aromatic rings. The minimum atomic E-state index is 0.507. The summed E-state index contributed by atoms with van der Waals surface area (Å²) in [5.74, 6) is 0. The Hall–Kier alpha value is -1.32. The fourth-order valence-corrected chi connectivity index (χ4v) is 3.65. The van der Waals surface area contributed by atoms with Crippen LogP contribution in [0.15, 0.2) is 35.7 Å². The van der Waals surface area contributed by atoms with Crippen LogP contribution in [0.25, 0.3) is 0 Å². The second-order valence-corrected chi connectivity index (χ2v) is 6.58. The zero-order valence-electron chi connectivity index (χ0n) is 12.0. The molecule has 106 valence electrons. The molecule has 0 spiro atoms. The lowest BCUT2D eigenvalue weighted by molar-refractivity contribution is 0.548. The number of rotatable bonds is 5.